The summed E-state index contributed by atoms with van der Waals surface area (Å²) in [5.41, 5.74) is 0. The fourth-order valence-electron chi connectivity index (χ4n) is 1.20. The van der Waals surface area contributed by atoms with Gasteiger partial charge in [0.2, 0.25) is 5.91 Å². The highest BCUT2D eigenvalue weighted by molar-refractivity contribution is 7.91. The van der Waals surface area contributed by atoms with Crippen molar-refractivity contribution in [2.24, 2.45) is 0 Å². The molecule has 0 aromatic rings. The summed E-state index contributed by atoms with van der Waals surface area (Å²) < 4.78 is 22.0. The van der Waals surface area contributed by atoms with Crippen LogP contribution in [-0.4, -0.2) is 48.0 Å². The van der Waals surface area contributed by atoms with Gasteiger partial charge in [-0.2, -0.15) is 0 Å². The first-order chi connectivity index (χ1) is 5.83. The van der Waals surface area contributed by atoms with E-state index in [-0.39, 0.29) is 0 Å². The molecule has 0 bridgehead atoms. The van der Waals surface area contributed by atoms with Crippen molar-refractivity contribution in [1.82, 2.24) is 4.90 Å². The van der Waals surface area contributed by atoms with Crippen LogP contribution in [0, 0.1) is 0 Å². The van der Waals surface area contributed by atoms with E-state index in [4.69, 9.17) is 5.11 Å². The van der Waals surface area contributed by atoms with E-state index in [1.807, 2.05) is 0 Å². The zero-order valence-electron chi connectivity index (χ0n) is 6.93. The van der Waals surface area contributed by atoms with Crippen LogP contribution in [0.15, 0.2) is 0 Å². The van der Waals surface area contributed by atoms with Crippen molar-refractivity contribution in [3.63, 3.8) is 0 Å². The number of hydrogen-bond acceptors (Lipinski definition) is 4. The minimum Gasteiger partial charge on any atom is -0.480 e. The molecule has 1 N–H and O–H groups in total. The van der Waals surface area contributed by atoms with Crippen LogP contribution in [0.3, 0.4) is 0 Å². The molecule has 1 aliphatic heterocycles. The Bertz CT molecular complexity index is 318. The summed E-state index contributed by atoms with van der Waals surface area (Å²) in [4.78, 5) is 22.2. The van der Waals surface area contributed by atoms with E-state index in [9.17, 15) is 18.0 Å². The number of carbonyl (C=O) groups is 2. The zero-order chi connectivity index (χ0) is 10.2. The third-order valence-corrected chi connectivity index (χ3v) is 3.31. The number of rotatable bonds is 1. The molecule has 7 heteroatoms. The monoisotopic (exact) mass is 207 g/mol. The first kappa shape index (κ1) is 9.97. The predicted octanol–water partition coefficient (Wildman–Crippen LogP) is -1.33. The van der Waals surface area contributed by atoms with Gasteiger partial charge in [0.25, 0.3) is 0 Å². The lowest BCUT2D eigenvalue weighted by atomic mass is 10.3. The Kier molecular flexibility index (Phi) is 2.29. The maximum atomic E-state index is 11.0. The average Bonchev–Trinajstić information content (AvgIpc) is 2.26. The van der Waals surface area contributed by atoms with Crippen molar-refractivity contribution in [3.05, 3.63) is 0 Å². The maximum Gasteiger partial charge on any atom is 0.327 e. The van der Waals surface area contributed by atoms with Crippen LogP contribution in [0.4, 0.5) is 0 Å². The number of nitrogens with zero attached hydrogens (tertiary/aromatic N) is 1. The Morgan fingerprint density at radius 1 is 1.46 bits per heavy atom. The van der Waals surface area contributed by atoms with Crippen molar-refractivity contribution >= 4 is 21.7 Å². The van der Waals surface area contributed by atoms with Crippen LogP contribution in [0.25, 0.3) is 0 Å². The number of amides is 1. The Labute approximate surface area is 75.1 Å². The van der Waals surface area contributed by atoms with Crippen molar-refractivity contribution in [2.75, 3.05) is 11.6 Å². The van der Waals surface area contributed by atoms with E-state index in [0.29, 0.717) is 0 Å². The first-order valence-electron chi connectivity index (χ1n) is 3.54. The second-order valence-corrected chi connectivity index (χ2v) is 4.96. The van der Waals surface area contributed by atoms with Gasteiger partial charge in [-0.15, -0.1) is 0 Å². The lowest BCUT2D eigenvalue weighted by Gasteiger charge is -2.16. The first-order valence-corrected chi connectivity index (χ1v) is 5.36. The van der Waals surface area contributed by atoms with E-state index in [1.165, 1.54) is 0 Å². The molecule has 0 saturated carbocycles. The number of carboxylic acid groups (broad SMARTS) is 1. The summed E-state index contributed by atoms with van der Waals surface area (Å²) in [7, 11) is -3.41. The van der Waals surface area contributed by atoms with Crippen molar-refractivity contribution in [1.29, 1.82) is 0 Å². The summed E-state index contributed by atoms with van der Waals surface area (Å²) >= 11 is 0. The lowest BCUT2D eigenvalue weighted by Crippen LogP contribution is -2.40. The number of aliphatic carboxylic acids is 1. The van der Waals surface area contributed by atoms with Gasteiger partial charge in [0.15, 0.2) is 9.84 Å². The second kappa shape index (κ2) is 2.99. The molecule has 6 nitrogen and oxygen atoms in total. The van der Waals surface area contributed by atoms with Gasteiger partial charge < -0.3 is 10.0 Å². The molecule has 13 heavy (non-hydrogen) atoms. The third-order valence-electron chi connectivity index (χ3n) is 1.81. The van der Waals surface area contributed by atoms with Gasteiger partial charge in [-0.05, 0) is 0 Å². The second-order valence-electron chi connectivity index (χ2n) is 2.88. The smallest absolute Gasteiger partial charge is 0.327 e. The van der Waals surface area contributed by atoms with Crippen LogP contribution < -0.4 is 0 Å². The largest absolute Gasteiger partial charge is 0.480 e. The normalized spacial score (nSPS) is 25.9. The van der Waals surface area contributed by atoms with Crippen molar-refractivity contribution in [3.8, 4) is 0 Å². The number of hydrogen-bond donors (Lipinski definition) is 1. The molecule has 0 aliphatic carbocycles. The van der Waals surface area contributed by atoms with Gasteiger partial charge in [-0.1, -0.05) is 0 Å². The summed E-state index contributed by atoms with van der Waals surface area (Å²) in [5.74, 6) is -2.79. The minimum absolute atomic E-state index is 0.484. The van der Waals surface area contributed by atoms with Crippen LogP contribution in [-0.2, 0) is 19.4 Å². The SMILES string of the molecule is CC(=O)N1CS(=O)(=O)C[C@@H]1C(=O)O. The van der Waals surface area contributed by atoms with Crippen LogP contribution in [0.2, 0.25) is 0 Å². The van der Waals surface area contributed by atoms with E-state index in [1.54, 1.807) is 0 Å². The minimum atomic E-state index is -3.41. The highest BCUT2D eigenvalue weighted by Gasteiger charge is 2.41. The highest BCUT2D eigenvalue weighted by atomic mass is 32.2. The fraction of sp³-hybridized carbons (Fsp3) is 0.667. The van der Waals surface area contributed by atoms with Gasteiger partial charge in [0, 0.05) is 6.92 Å². The van der Waals surface area contributed by atoms with Crippen LogP contribution in [0.1, 0.15) is 6.92 Å². The lowest BCUT2D eigenvalue weighted by molar-refractivity contribution is -0.146. The average molecular weight is 207 g/mol. The van der Waals surface area contributed by atoms with Crippen molar-refractivity contribution in [2.45, 2.75) is 13.0 Å². The predicted molar refractivity (Wildman–Crippen MR) is 42.6 cm³/mol. The Hall–Kier alpha value is -1.11. The molecule has 0 aromatic heterocycles. The van der Waals surface area contributed by atoms with E-state index >= 15 is 0 Å². The molecule has 1 aliphatic rings. The fourth-order valence-corrected chi connectivity index (χ4v) is 2.89. The summed E-state index contributed by atoms with van der Waals surface area (Å²) in [6, 6.07) is -1.22. The van der Waals surface area contributed by atoms with E-state index in [2.05, 4.69) is 0 Å². The molecule has 0 radical (unpaired) electrons. The van der Waals surface area contributed by atoms with Gasteiger partial charge in [-0.3, -0.25) is 4.79 Å². The molecule has 0 aromatic carbocycles. The summed E-state index contributed by atoms with van der Waals surface area (Å²) in [6.07, 6.45) is 0. The zero-order valence-corrected chi connectivity index (χ0v) is 7.74. The third kappa shape index (κ3) is 1.97. The van der Waals surface area contributed by atoms with Gasteiger partial charge in [0.1, 0.15) is 11.9 Å². The van der Waals surface area contributed by atoms with E-state index in [0.717, 1.165) is 11.8 Å². The molecule has 1 rings (SSSR count). The molecule has 1 amide bonds. The number of sulfone groups is 1. The molecular formula is C6H9NO5S. The van der Waals surface area contributed by atoms with Crippen LogP contribution >= 0.6 is 0 Å². The maximum absolute atomic E-state index is 11.0. The standard InChI is InChI=1S/C6H9NO5S/c1-4(8)7-3-13(11,12)2-5(7)6(9)10/h5H,2-3H2,1H3,(H,9,10)/t5-/m1/s1. The number of carboxylic acids is 1. The Balaban J connectivity index is 2.97. The molecule has 1 atom stereocenters. The number of carbonyl (C=O) groups excluding carboxylic acids is 1. The molecule has 74 valence electrons. The quantitative estimate of drug-likeness (QED) is 0.575. The summed E-state index contributed by atoms with van der Waals surface area (Å²) in [5, 5.41) is 8.61. The van der Waals surface area contributed by atoms with Crippen LogP contribution in [0.5, 0.6) is 0 Å². The highest BCUT2D eigenvalue weighted by Crippen LogP contribution is 2.15. The molecule has 1 heterocycles. The molecule has 1 saturated heterocycles. The van der Waals surface area contributed by atoms with Gasteiger partial charge in [0.05, 0.1) is 5.75 Å². The molecule has 0 unspecified atom stereocenters. The molecular weight excluding hydrogens is 198 g/mol. The van der Waals surface area contributed by atoms with E-state index < -0.39 is 39.4 Å². The Morgan fingerprint density at radius 2 is 2.00 bits per heavy atom. The molecule has 1 fully saturated rings. The van der Waals surface area contributed by atoms with Gasteiger partial charge in [-0.25, -0.2) is 13.2 Å². The summed E-state index contributed by atoms with van der Waals surface area (Å²) in [6.45, 7) is 1.15. The Morgan fingerprint density at radius 3 is 2.31 bits per heavy atom. The topological polar surface area (TPSA) is 91.8 Å². The van der Waals surface area contributed by atoms with Crippen molar-refractivity contribution < 1.29 is 23.1 Å². The van der Waals surface area contributed by atoms with Gasteiger partial charge >= 0.3 is 5.97 Å². The molecule has 0 spiro atoms.